The topological polar surface area (TPSA) is 48.1 Å². The van der Waals surface area contributed by atoms with Gasteiger partial charge in [-0.15, -0.1) is 0 Å². The summed E-state index contributed by atoms with van der Waals surface area (Å²) in [6.07, 6.45) is 1.99. The summed E-state index contributed by atoms with van der Waals surface area (Å²) in [6.45, 7) is 27.0. The Morgan fingerprint density at radius 3 is 1.59 bits per heavy atom. The maximum atomic E-state index is 12.2. The predicted molar refractivity (Wildman–Crippen MR) is 175 cm³/mol. The number of hydrogen-bond donors (Lipinski definition) is 1. The maximum absolute atomic E-state index is 12.2. The molecule has 1 amide bonds. The molecule has 0 unspecified atom stereocenters. The first-order chi connectivity index (χ1) is 19.1. The first kappa shape index (κ1) is 32.8. The number of benzene rings is 2. The zero-order valence-corrected chi connectivity index (χ0v) is 27.3. The van der Waals surface area contributed by atoms with E-state index < -0.39 is 5.60 Å². The van der Waals surface area contributed by atoms with Crippen molar-refractivity contribution in [2.75, 3.05) is 62.2 Å². The van der Waals surface area contributed by atoms with Crippen molar-refractivity contribution in [3.8, 4) is 0 Å². The van der Waals surface area contributed by atoms with Gasteiger partial charge in [-0.1, -0.05) is 65.8 Å². The van der Waals surface area contributed by atoms with E-state index in [9.17, 15) is 4.79 Å². The molecule has 2 aromatic carbocycles. The minimum atomic E-state index is -0.439. The van der Waals surface area contributed by atoms with Crippen LogP contribution >= 0.6 is 0 Å². The number of carbonyl (C=O) groups excluding carboxylic acids is 1. The molecular formula is C35H56N4O2. The first-order valence-corrected chi connectivity index (χ1v) is 15.5. The monoisotopic (exact) mass is 564 g/mol. The third kappa shape index (κ3) is 10.6. The Kier molecular flexibility index (Phi) is 11.2. The summed E-state index contributed by atoms with van der Waals surface area (Å²) < 4.78 is 5.50. The molecule has 41 heavy (non-hydrogen) atoms. The summed E-state index contributed by atoms with van der Waals surface area (Å²) in [5.41, 5.74) is 5.33. The Balaban J connectivity index is 0.000000239. The molecule has 6 heteroatoms. The lowest BCUT2D eigenvalue weighted by Crippen LogP contribution is -2.39. The van der Waals surface area contributed by atoms with Crippen molar-refractivity contribution >= 4 is 17.5 Å². The van der Waals surface area contributed by atoms with Gasteiger partial charge in [0, 0.05) is 57.2 Å². The van der Waals surface area contributed by atoms with E-state index in [1.54, 1.807) is 0 Å². The van der Waals surface area contributed by atoms with Crippen molar-refractivity contribution in [3.05, 3.63) is 59.7 Å². The standard InChI is InChI=1S/C20H32N2O2.C15H24N2/c1-19(2,3)16-8-10-17(11-9-16)21-12-7-13-22(15-14-21)18(23)24-20(4,5)6;1-15(2,3)13-5-7-14(8-6-13)17-11-4-9-16-10-12-17/h8-11H,7,12-15H2,1-6H3;5-8,16H,4,9-12H2,1-3H3. The van der Waals surface area contributed by atoms with Gasteiger partial charge in [-0.2, -0.15) is 0 Å². The summed E-state index contributed by atoms with van der Waals surface area (Å²) in [5.74, 6) is 0. The highest BCUT2D eigenvalue weighted by atomic mass is 16.6. The van der Waals surface area contributed by atoms with Crippen molar-refractivity contribution in [1.29, 1.82) is 0 Å². The molecular weight excluding hydrogens is 508 g/mol. The average molecular weight is 565 g/mol. The van der Waals surface area contributed by atoms with Crippen LogP contribution in [0.1, 0.15) is 86.3 Å². The van der Waals surface area contributed by atoms with Crippen molar-refractivity contribution in [2.45, 2.75) is 91.6 Å². The quantitative estimate of drug-likeness (QED) is 0.418. The van der Waals surface area contributed by atoms with Gasteiger partial charge in [0.05, 0.1) is 0 Å². The zero-order chi connectivity index (χ0) is 30.3. The first-order valence-electron chi connectivity index (χ1n) is 15.5. The molecule has 0 aromatic heterocycles. The van der Waals surface area contributed by atoms with Gasteiger partial charge in [-0.05, 0) is 86.4 Å². The summed E-state index contributed by atoms with van der Waals surface area (Å²) in [6, 6.07) is 17.9. The molecule has 4 rings (SSSR count). The molecule has 0 spiro atoms. The summed E-state index contributed by atoms with van der Waals surface area (Å²) in [5, 5.41) is 3.44. The van der Waals surface area contributed by atoms with Gasteiger partial charge in [-0.3, -0.25) is 0 Å². The fourth-order valence-corrected chi connectivity index (χ4v) is 5.13. The Morgan fingerprint density at radius 1 is 0.610 bits per heavy atom. The molecule has 0 saturated carbocycles. The van der Waals surface area contributed by atoms with Crippen molar-refractivity contribution in [3.63, 3.8) is 0 Å². The molecule has 2 aromatic rings. The van der Waals surface area contributed by atoms with E-state index in [-0.39, 0.29) is 16.9 Å². The van der Waals surface area contributed by atoms with Crippen LogP contribution in [0.4, 0.5) is 16.2 Å². The summed E-state index contributed by atoms with van der Waals surface area (Å²) in [4.78, 5) is 18.9. The highest BCUT2D eigenvalue weighted by Gasteiger charge is 2.25. The number of nitrogens with one attached hydrogen (secondary N) is 1. The fraction of sp³-hybridized carbons (Fsp3) is 0.629. The molecule has 6 nitrogen and oxygen atoms in total. The molecule has 0 radical (unpaired) electrons. The van der Waals surface area contributed by atoms with E-state index in [2.05, 4.69) is 105 Å². The van der Waals surface area contributed by atoms with Crippen LogP contribution in [0.2, 0.25) is 0 Å². The lowest BCUT2D eigenvalue weighted by molar-refractivity contribution is 0.0263. The third-order valence-corrected chi connectivity index (χ3v) is 7.68. The van der Waals surface area contributed by atoms with E-state index in [4.69, 9.17) is 4.74 Å². The van der Waals surface area contributed by atoms with Gasteiger partial charge in [0.1, 0.15) is 5.60 Å². The van der Waals surface area contributed by atoms with Gasteiger partial charge >= 0.3 is 6.09 Å². The number of rotatable bonds is 2. The average Bonchev–Trinajstić information content (AvgIpc) is 3.31. The van der Waals surface area contributed by atoms with E-state index in [0.717, 1.165) is 45.7 Å². The fourth-order valence-electron chi connectivity index (χ4n) is 5.13. The van der Waals surface area contributed by atoms with E-state index in [0.29, 0.717) is 6.54 Å². The Morgan fingerprint density at radius 2 is 1.10 bits per heavy atom. The maximum Gasteiger partial charge on any atom is 0.410 e. The largest absolute Gasteiger partial charge is 0.444 e. The zero-order valence-electron chi connectivity index (χ0n) is 27.3. The molecule has 0 bridgehead atoms. The number of ether oxygens (including phenoxy) is 1. The molecule has 0 aliphatic carbocycles. The molecule has 228 valence electrons. The van der Waals surface area contributed by atoms with Crippen LogP contribution in [0.5, 0.6) is 0 Å². The van der Waals surface area contributed by atoms with Gasteiger partial charge in [-0.25, -0.2) is 4.79 Å². The van der Waals surface area contributed by atoms with Crippen LogP contribution in [-0.4, -0.2) is 69.0 Å². The van der Waals surface area contributed by atoms with E-state index >= 15 is 0 Å². The molecule has 2 fully saturated rings. The van der Waals surface area contributed by atoms with Crippen molar-refractivity contribution in [2.24, 2.45) is 0 Å². The number of anilines is 2. The second kappa shape index (κ2) is 14.0. The van der Waals surface area contributed by atoms with Gasteiger partial charge in [0.15, 0.2) is 0 Å². The molecule has 0 atom stereocenters. The van der Waals surface area contributed by atoms with Crippen LogP contribution in [0, 0.1) is 0 Å². The highest BCUT2D eigenvalue weighted by molar-refractivity contribution is 5.68. The number of hydrogen-bond acceptors (Lipinski definition) is 5. The lowest BCUT2D eigenvalue weighted by Gasteiger charge is -2.27. The molecule has 1 N–H and O–H groups in total. The minimum Gasteiger partial charge on any atom is -0.444 e. The normalized spacial score (nSPS) is 17.2. The Hall–Kier alpha value is -2.73. The van der Waals surface area contributed by atoms with Crippen LogP contribution in [-0.2, 0) is 15.6 Å². The van der Waals surface area contributed by atoms with Crippen molar-refractivity contribution < 1.29 is 9.53 Å². The van der Waals surface area contributed by atoms with Crippen LogP contribution in [0.3, 0.4) is 0 Å². The molecule has 2 heterocycles. The van der Waals surface area contributed by atoms with Gasteiger partial charge in [0.25, 0.3) is 0 Å². The van der Waals surface area contributed by atoms with Crippen LogP contribution in [0.15, 0.2) is 48.5 Å². The second-order valence-corrected chi connectivity index (χ2v) is 14.5. The molecule has 2 saturated heterocycles. The highest BCUT2D eigenvalue weighted by Crippen LogP contribution is 2.26. The predicted octanol–water partition coefficient (Wildman–Crippen LogP) is 7.22. The van der Waals surface area contributed by atoms with Gasteiger partial charge < -0.3 is 24.8 Å². The van der Waals surface area contributed by atoms with E-state index in [1.807, 2.05) is 25.7 Å². The summed E-state index contributed by atoms with van der Waals surface area (Å²) in [7, 11) is 0. The van der Waals surface area contributed by atoms with E-state index in [1.165, 1.54) is 35.5 Å². The number of amides is 1. The Labute approximate surface area is 250 Å². The smallest absolute Gasteiger partial charge is 0.410 e. The van der Waals surface area contributed by atoms with Crippen LogP contribution < -0.4 is 15.1 Å². The van der Waals surface area contributed by atoms with Crippen molar-refractivity contribution in [1.82, 2.24) is 10.2 Å². The molecule has 2 aliphatic rings. The van der Waals surface area contributed by atoms with Crippen LogP contribution in [0.25, 0.3) is 0 Å². The number of carbonyl (C=O) groups is 1. The SMILES string of the molecule is CC(C)(C)OC(=O)N1CCCN(c2ccc(C(C)(C)C)cc2)CC1.CC(C)(C)c1ccc(N2CCCNCC2)cc1. The summed E-state index contributed by atoms with van der Waals surface area (Å²) >= 11 is 0. The third-order valence-electron chi connectivity index (χ3n) is 7.68. The van der Waals surface area contributed by atoms with Gasteiger partial charge in [0.2, 0.25) is 0 Å². The lowest BCUT2D eigenvalue weighted by atomic mass is 9.87. The molecule has 2 aliphatic heterocycles. The number of nitrogens with zero attached hydrogens (tertiary/aromatic N) is 3. The second-order valence-electron chi connectivity index (χ2n) is 14.5. The minimum absolute atomic E-state index is 0.171. The Bertz CT molecular complexity index is 1070.